The van der Waals surface area contributed by atoms with E-state index in [0.717, 1.165) is 56.6 Å². The maximum atomic E-state index is 13.2. The number of aromatic nitrogens is 4. The molecule has 3 rings (SSSR count). The van der Waals surface area contributed by atoms with Crippen molar-refractivity contribution in [1.82, 2.24) is 24.2 Å². The van der Waals surface area contributed by atoms with Crippen LogP contribution in [0.4, 0.5) is 10.2 Å². The van der Waals surface area contributed by atoms with Crippen molar-refractivity contribution in [2.45, 2.75) is 25.8 Å². The summed E-state index contributed by atoms with van der Waals surface area (Å²) in [6.07, 6.45) is 4.05. The highest BCUT2D eigenvalue weighted by atomic mass is 19.1. The fraction of sp³-hybridized carbons (Fsp3) is 0.556. The summed E-state index contributed by atoms with van der Waals surface area (Å²) < 4.78 is 15.6. The molecule has 9 heteroatoms. The van der Waals surface area contributed by atoms with Crippen LogP contribution in [-0.2, 0) is 13.6 Å². The van der Waals surface area contributed by atoms with Gasteiger partial charge >= 0.3 is 5.69 Å². The van der Waals surface area contributed by atoms with Crippen molar-refractivity contribution in [1.29, 1.82) is 0 Å². The zero-order valence-corrected chi connectivity index (χ0v) is 15.6. The minimum atomic E-state index is -0.443. The van der Waals surface area contributed by atoms with Crippen LogP contribution in [0.1, 0.15) is 19.3 Å². The second-order valence-electron chi connectivity index (χ2n) is 6.76. The third-order valence-corrected chi connectivity index (χ3v) is 4.89. The quantitative estimate of drug-likeness (QED) is 0.516. The summed E-state index contributed by atoms with van der Waals surface area (Å²) in [5.41, 5.74) is -0.756. The van der Waals surface area contributed by atoms with Crippen molar-refractivity contribution in [3.8, 4) is 0 Å². The summed E-state index contributed by atoms with van der Waals surface area (Å²) in [6.45, 7) is 5.06. The number of hydrogen-bond acceptors (Lipinski definition) is 6. The summed E-state index contributed by atoms with van der Waals surface area (Å²) in [5, 5.41) is 3.89. The Labute approximate surface area is 156 Å². The van der Waals surface area contributed by atoms with E-state index in [2.05, 4.69) is 19.9 Å². The summed E-state index contributed by atoms with van der Waals surface area (Å²) >= 11 is 0. The molecule has 3 heterocycles. The Balaban J connectivity index is 1.36. The molecule has 0 bridgehead atoms. The van der Waals surface area contributed by atoms with Gasteiger partial charge in [0.25, 0.3) is 5.56 Å². The van der Waals surface area contributed by atoms with E-state index >= 15 is 0 Å². The van der Waals surface area contributed by atoms with Gasteiger partial charge < -0.3 is 4.90 Å². The van der Waals surface area contributed by atoms with Crippen molar-refractivity contribution in [3.05, 3.63) is 51.2 Å². The predicted octanol–water partition coefficient (Wildman–Crippen LogP) is 0.469. The number of aryl methyl sites for hydroxylation is 1. The molecule has 0 aromatic carbocycles. The molecule has 0 unspecified atom stereocenters. The third-order valence-electron chi connectivity index (χ3n) is 4.89. The first kappa shape index (κ1) is 19.2. The maximum absolute atomic E-state index is 13.2. The van der Waals surface area contributed by atoms with E-state index in [0.29, 0.717) is 12.4 Å². The zero-order valence-electron chi connectivity index (χ0n) is 15.6. The molecule has 27 heavy (non-hydrogen) atoms. The highest BCUT2D eigenvalue weighted by Gasteiger charge is 2.17. The number of piperazine rings is 1. The number of nitrogens with zero attached hydrogens (tertiary/aromatic N) is 6. The van der Waals surface area contributed by atoms with Crippen LogP contribution in [-0.4, -0.2) is 57.0 Å². The largest absolute Gasteiger partial charge is 0.354 e. The first-order chi connectivity index (χ1) is 13.0. The van der Waals surface area contributed by atoms with Gasteiger partial charge in [-0.15, -0.1) is 0 Å². The standard InChI is InChI=1S/C18H25FN6O2/c1-22-17(26)14-20-25(18(22)27)9-4-2-3-8-23-10-12-24(13-11-23)16-7-5-6-15(19)21-16/h5-7,14H,2-4,8-13H2,1H3. The van der Waals surface area contributed by atoms with Crippen molar-refractivity contribution in [2.24, 2.45) is 7.05 Å². The van der Waals surface area contributed by atoms with Crippen LogP contribution in [0.5, 0.6) is 0 Å². The first-order valence-corrected chi connectivity index (χ1v) is 9.27. The van der Waals surface area contributed by atoms with Crippen LogP contribution in [0.2, 0.25) is 0 Å². The lowest BCUT2D eigenvalue weighted by Gasteiger charge is -2.35. The average Bonchev–Trinajstić information content (AvgIpc) is 2.68. The Morgan fingerprint density at radius 2 is 1.78 bits per heavy atom. The molecule has 8 nitrogen and oxygen atoms in total. The number of unbranched alkanes of at least 4 members (excludes halogenated alkanes) is 2. The minimum absolute atomic E-state index is 0.371. The second-order valence-corrected chi connectivity index (χ2v) is 6.76. The summed E-state index contributed by atoms with van der Waals surface area (Å²) in [7, 11) is 1.46. The normalized spacial score (nSPS) is 15.3. The monoisotopic (exact) mass is 376 g/mol. The van der Waals surface area contributed by atoms with Gasteiger partial charge in [-0.3, -0.25) is 14.3 Å². The van der Waals surface area contributed by atoms with Gasteiger partial charge in [-0.2, -0.15) is 9.49 Å². The number of halogens is 1. The smallest absolute Gasteiger partial charge is 0.347 e. The van der Waals surface area contributed by atoms with Gasteiger partial charge in [0.1, 0.15) is 12.0 Å². The van der Waals surface area contributed by atoms with E-state index < -0.39 is 5.95 Å². The van der Waals surface area contributed by atoms with Gasteiger partial charge in [-0.25, -0.2) is 14.5 Å². The van der Waals surface area contributed by atoms with Crippen LogP contribution in [0.25, 0.3) is 0 Å². The maximum Gasteiger partial charge on any atom is 0.347 e. The summed E-state index contributed by atoms with van der Waals surface area (Å²) in [5.74, 6) is 0.256. The number of rotatable bonds is 7. The van der Waals surface area contributed by atoms with E-state index in [9.17, 15) is 14.0 Å². The van der Waals surface area contributed by atoms with Gasteiger partial charge in [-0.05, 0) is 31.5 Å². The molecular formula is C18H25FN6O2. The van der Waals surface area contributed by atoms with Crippen molar-refractivity contribution in [2.75, 3.05) is 37.6 Å². The molecule has 0 N–H and O–H groups in total. The molecule has 1 saturated heterocycles. The molecule has 1 fully saturated rings. The molecule has 0 aliphatic carbocycles. The lowest BCUT2D eigenvalue weighted by Crippen LogP contribution is -2.47. The topological polar surface area (TPSA) is 76.3 Å². The Bertz CT molecular complexity index is 873. The molecular weight excluding hydrogens is 351 g/mol. The number of pyridine rings is 1. The molecule has 0 amide bonds. The summed E-state index contributed by atoms with van der Waals surface area (Å²) in [4.78, 5) is 31.7. The number of anilines is 1. The molecule has 2 aromatic rings. The van der Waals surface area contributed by atoms with Crippen molar-refractivity contribution < 1.29 is 4.39 Å². The van der Waals surface area contributed by atoms with Gasteiger partial charge in [0.2, 0.25) is 5.95 Å². The van der Waals surface area contributed by atoms with Gasteiger partial charge in [0.05, 0.1) is 0 Å². The average molecular weight is 376 g/mol. The molecule has 146 valence electrons. The van der Waals surface area contributed by atoms with Crippen LogP contribution in [0.3, 0.4) is 0 Å². The summed E-state index contributed by atoms with van der Waals surface area (Å²) in [6, 6.07) is 4.89. The van der Waals surface area contributed by atoms with Crippen LogP contribution < -0.4 is 16.1 Å². The van der Waals surface area contributed by atoms with Crippen molar-refractivity contribution in [3.63, 3.8) is 0 Å². The van der Waals surface area contributed by atoms with E-state index in [1.807, 2.05) is 6.07 Å². The van der Waals surface area contributed by atoms with E-state index in [-0.39, 0.29) is 11.2 Å². The van der Waals surface area contributed by atoms with Crippen LogP contribution in [0, 0.1) is 5.95 Å². The Morgan fingerprint density at radius 3 is 2.52 bits per heavy atom. The predicted molar refractivity (Wildman–Crippen MR) is 100 cm³/mol. The Morgan fingerprint density at radius 1 is 1.04 bits per heavy atom. The first-order valence-electron chi connectivity index (χ1n) is 9.27. The fourth-order valence-corrected chi connectivity index (χ4v) is 3.22. The molecule has 2 aromatic heterocycles. The molecule has 1 aliphatic rings. The fourth-order valence-electron chi connectivity index (χ4n) is 3.22. The molecule has 0 atom stereocenters. The highest BCUT2D eigenvalue weighted by molar-refractivity contribution is 5.38. The molecule has 0 radical (unpaired) electrons. The minimum Gasteiger partial charge on any atom is -0.354 e. The highest BCUT2D eigenvalue weighted by Crippen LogP contribution is 2.14. The molecule has 1 aliphatic heterocycles. The molecule has 0 saturated carbocycles. The van der Waals surface area contributed by atoms with E-state index in [4.69, 9.17) is 0 Å². The molecule has 0 spiro atoms. The van der Waals surface area contributed by atoms with Gasteiger partial charge in [0, 0.05) is 39.8 Å². The SMILES string of the molecule is Cn1c(=O)cnn(CCCCCN2CCN(c3cccc(F)n3)CC2)c1=O. The Kier molecular flexibility index (Phi) is 6.33. The number of hydrogen-bond donors (Lipinski definition) is 0. The second kappa shape index (κ2) is 8.90. The zero-order chi connectivity index (χ0) is 19.2. The third kappa shape index (κ3) is 5.00. The van der Waals surface area contributed by atoms with Crippen LogP contribution in [0.15, 0.2) is 34.0 Å². The van der Waals surface area contributed by atoms with Crippen molar-refractivity contribution >= 4 is 5.82 Å². The van der Waals surface area contributed by atoms with Crippen LogP contribution >= 0.6 is 0 Å². The lowest BCUT2D eigenvalue weighted by molar-refractivity contribution is 0.250. The van der Waals surface area contributed by atoms with Gasteiger partial charge in [-0.1, -0.05) is 12.5 Å². The van der Waals surface area contributed by atoms with Gasteiger partial charge in [0.15, 0.2) is 0 Å². The van der Waals surface area contributed by atoms with E-state index in [1.54, 1.807) is 6.07 Å². The van der Waals surface area contributed by atoms with E-state index in [1.165, 1.54) is 24.0 Å². The Hall–Kier alpha value is -2.55. The lowest BCUT2D eigenvalue weighted by atomic mass is 10.2.